The second-order valence-electron chi connectivity index (χ2n) is 5.19. The van der Waals surface area contributed by atoms with E-state index in [1.807, 2.05) is 13.0 Å². The largest absolute Gasteiger partial charge is 0.465 e. The van der Waals surface area contributed by atoms with E-state index >= 15 is 0 Å². The van der Waals surface area contributed by atoms with Gasteiger partial charge in [-0.3, -0.25) is 0 Å². The first kappa shape index (κ1) is 18.1. The minimum Gasteiger partial charge on any atom is -0.465 e. The third-order valence-corrected chi connectivity index (χ3v) is 4.07. The fraction of sp³-hybridized carbons (Fsp3) is 0.562. The van der Waals surface area contributed by atoms with Crippen molar-refractivity contribution in [1.29, 1.82) is 0 Å². The molecule has 0 aliphatic heterocycles. The molecule has 21 heavy (non-hydrogen) atoms. The molecular weight excluding hydrogens is 334 g/mol. The maximum atomic E-state index is 11.5. The van der Waals surface area contributed by atoms with E-state index in [1.165, 1.54) is 7.11 Å². The zero-order valence-electron chi connectivity index (χ0n) is 13.1. The molecule has 4 nitrogen and oxygen atoms in total. The molecule has 5 heteroatoms. The van der Waals surface area contributed by atoms with Crippen LogP contribution in [-0.4, -0.2) is 32.3 Å². The number of halogens is 1. The van der Waals surface area contributed by atoms with Crippen LogP contribution in [0, 0.1) is 5.92 Å². The van der Waals surface area contributed by atoms with Gasteiger partial charge in [0.05, 0.1) is 19.3 Å². The lowest BCUT2D eigenvalue weighted by molar-refractivity contribution is 0.0600. The van der Waals surface area contributed by atoms with Crippen molar-refractivity contribution in [3.8, 4) is 0 Å². The Hall–Kier alpha value is -0.910. The fourth-order valence-corrected chi connectivity index (χ4v) is 2.43. The number of rotatable bonds is 8. The fourth-order valence-electron chi connectivity index (χ4n) is 1.91. The highest BCUT2D eigenvalue weighted by atomic mass is 79.9. The van der Waals surface area contributed by atoms with Crippen LogP contribution in [0.5, 0.6) is 0 Å². The third kappa shape index (κ3) is 5.77. The Balaban J connectivity index is 2.67. The summed E-state index contributed by atoms with van der Waals surface area (Å²) in [7, 11) is 1.38. The molecule has 1 unspecified atom stereocenters. The van der Waals surface area contributed by atoms with Gasteiger partial charge in [0.15, 0.2) is 0 Å². The summed E-state index contributed by atoms with van der Waals surface area (Å²) >= 11 is 3.51. The smallest absolute Gasteiger partial charge is 0.337 e. The summed E-state index contributed by atoms with van der Waals surface area (Å²) in [5.74, 6) is 0.163. The molecule has 0 heterocycles. The van der Waals surface area contributed by atoms with Crippen LogP contribution >= 0.6 is 15.9 Å². The number of hydrogen-bond donors (Lipinski definition) is 1. The number of hydrogen-bond acceptors (Lipinski definition) is 4. The second-order valence-corrected chi connectivity index (χ2v) is 6.04. The molecule has 0 radical (unpaired) electrons. The highest BCUT2D eigenvalue weighted by Gasteiger charge is 2.14. The minimum atomic E-state index is -0.327. The number of benzene rings is 1. The molecule has 0 aromatic heterocycles. The Morgan fingerprint density at radius 3 is 2.62 bits per heavy atom. The van der Waals surface area contributed by atoms with E-state index in [0.717, 1.165) is 23.2 Å². The van der Waals surface area contributed by atoms with Crippen molar-refractivity contribution in [3.05, 3.63) is 33.8 Å². The summed E-state index contributed by atoms with van der Waals surface area (Å²) in [6.07, 6.45) is 0. The molecule has 1 rings (SSSR count). The van der Waals surface area contributed by atoms with Crippen molar-refractivity contribution in [2.24, 2.45) is 5.92 Å². The van der Waals surface area contributed by atoms with Gasteiger partial charge in [0.1, 0.15) is 0 Å². The van der Waals surface area contributed by atoms with Crippen LogP contribution in [0.15, 0.2) is 22.7 Å². The van der Waals surface area contributed by atoms with Crippen molar-refractivity contribution in [3.63, 3.8) is 0 Å². The summed E-state index contributed by atoms with van der Waals surface area (Å²) in [6, 6.07) is 5.80. The lowest BCUT2D eigenvalue weighted by Gasteiger charge is -2.22. The first-order valence-electron chi connectivity index (χ1n) is 7.17. The van der Waals surface area contributed by atoms with Crippen LogP contribution < -0.4 is 5.32 Å². The predicted molar refractivity (Wildman–Crippen MR) is 87.4 cm³/mol. The van der Waals surface area contributed by atoms with Gasteiger partial charge in [-0.15, -0.1) is 0 Å². The topological polar surface area (TPSA) is 47.6 Å². The van der Waals surface area contributed by atoms with E-state index in [-0.39, 0.29) is 5.97 Å². The van der Waals surface area contributed by atoms with E-state index in [9.17, 15) is 4.79 Å². The maximum absolute atomic E-state index is 11.5. The molecular formula is C16H24BrNO3. The highest BCUT2D eigenvalue weighted by molar-refractivity contribution is 9.10. The van der Waals surface area contributed by atoms with Gasteiger partial charge in [-0.25, -0.2) is 4.79 Å². The second kappa shape index (κ2) is 9.18. The van der Waals surface area contributed by atoms with E-state index in [1.54, 1.807) is 12.1 Å². The zero-order valence-corrected chi connectivity index (χ0v) is 14.7. The van der Waals surface area contributed by atoms with Gasteiger partial charge in [-0.2, -0.15) is 0 Å². The normalized spacial score (nSPS) is 12.5. The monoisotopic (exact) mass is 357 g/mol. The molecule has 0 saturated heterocycles. The van der Waals surface area contributed by atoms with Crippen LogP contribution in [0.3, 0.4) is 0 Å². The quantitative estimate of drug-likeness (QED) is 0.724. The molecule has 118 valence electrons. The molecule has 0 aliphatic rings. The van der Waals surface area contributed by atoms with Gasteiger partial charge >= 0.3 is 5.97 Å². The number of esters is 1. The lowest BCUT2D eigenvalue weighted by Crippen LogP contribution is -2.37. The Labute approximate surface area is 135 Å². The third-order valence-electron chi connectivity index (χ3n) is 3.34. The number of methoxy groups -OCH3 is 1. The van der Waals surface area contributed by atoms with Gasteiger partial charge in [-0.1, -0.05) is 35.8 Å². The molecule has 0 saturated carbocycles. The maximum Gasteiger partial charge on any atom is 0.337 e. The van der Waals surface area contributed by atoms with Gasteiger partial charge in [0.25, 0.3) is 0 Å². The van der Waals surface area contributed by atoms with Gasteiger partial charge in [0, 0.05) is 23.7 Å². The number of carbonyl (C=O) groups excluding carboxylic acids is 1. The van der Waals surface area contributed by atoms with Gasteiger partial charge in [0.2, 0.25) is 0 Å². The van der Waals surface area contributed by atoms with Gasteiger partial charge in [-0.05, 0) is 30.5 Å². The van der Waals surface area contributed by atoms with Crippen molar-refractivity contribution < 1.29 is 14.3 Å². The van der Waals surface area contributed by atoms with E-state index in [0.29, 0.717) is 24.1 Å². The standard InChI is InChI=1S/C16H24BrNO3/c1-5-21-10-15(11(2)3)18-9-13-7-6-12(8-14(13)17)16(19)20-4/h6-8,11,15,18H,5,9-10H2,1-4H3. The predicted octanol–water partition coefficient (Wildman–Crippen LogP) is 3.39. The molecule has 0 aliphatic carbocycles. The molecule has 1 aromatic rings. The van der Waals surface area contributed by atoms with Crippen LogP contribution in [-0.2, 0) is 16.0 Å². The molecule has 0 spiro atoms. The van der Waals surface area contributed by atoms with Crippen LogP contribution in [0.4, 0.5) is 0 Å². The SMILES string of the molecule is CCOCC(NCc1ccc(C(=O)OC)cc1Br)C(C)C. The lowest BCUT2D eigenvalue weighted by atomic mass is 10.0. The van der Waals surface area contributed by atoms with E-state index < -0.39 is 0 Å². The number of ether oxygens (including phenoxy) is 2. The van der Waals surface area contributed by atoms with Crippen molar-refractivity contribution in [1.82, 2.24) is 5.32 Å². The summed E-state index contributed by atoms with van der Waals surface area (Å²) in [5.41, 5.74) is 1.65. The summed E-state index contributed by atoms with van der Waals surface area (Å²) in [4.78, 5) is 11.5. The Bertz CT molecular complexity index is 463. The van der Waals surface area contributed by atoms with Crippen LogP contribution in [0.25, 0.3) is 0 Å². The van der Waals surface area contributed by atoms with Crippen LogP contribution in [0.2, 0.25) is 0 Å². The van der Waals surface area contributed by atoms with E-state index in [4.69, 9.17) is 9.47 Å². The Morgan fingerprint density at radius 1 is 1.38 bits per heavy atom. The van der Waals surface area contributed by atoms with Gasteiger partial charge < -0.3 is 14.8 Å². The highest BCUT2D eigenvalue weighted by Crippen LogP contribution is 2.19. The molecule has 1 atom stereocenters. The first-order valence-corrected chi connectivity index (χ1v) is 7.96. The summed E-state index contributed by atoms with van der Waals surface area (Å²) in [5, 5.41) is 3.50. The van der Waals surface area contributed by atoms with Crippen LogP contribution in [0.1, 0.15) is 36.7 Å². The average molecular weight is 358 g/mol. The zero-order chi connectivity index (χ0) is 15.8. The minimum absolute atomic E-state index is 0.303. The molecule has 1 aromatic carbocycles. The molecule has 0 amide bonds. The van der Waals surface area contributed by atoms with Crippen molar-refractivity contribution in [2.45, 2.75) is 33.4 Å². The molecule has 1 N–H and O–H groups in total. The van der Waals surface area contributed by atoms with E-state index in [2.05, 4.69) is 35.1 Å². The summed E-state index contributed by atoms with van der Waals surface area (Å²) < 4.78 is 11.1. The molecule has 0 bridgehead atoms. The Morgan fingerprint density at radius 2 is 2.10 bits per heavy atom. The number of nitrogens with one attached hydrogen (secondary N) is 1. The first-order chi connectivity index (χ1) is 9.99. The van der Waals surface area contributed by atoms with Crippen molar-refractivity contribution in [2.75, 3.05) is 20.3 Å². The number of carbonyl (C=O) groups is 1. The average Bonchev–Trinajstić information content (AvgIpc) is 2.47. The summed E-state index contributed by atoms with van der Waals surface area (Å²) in [6.45, 7) is 8.49. The molecule has 0 fully saturated rings. The Kier molecular flexibility index (Phi) is 7.93. The van der Waals surface area contributed by atoms with Crippen molar-refractivity contribution >= 4 is 21.9 Å².